The van der Waals surface area contributed by atoms with Crippen LogP contribution in [-0.2, 0) is 6.18 Å². The van der Waals surface area contributed by atoms with Gasteiger partial charge in [0, 0.05) is 35.2 Å². The molecule has 24 heavy (non-hydrogen) atoms. The third kappa shape index (κ3) is 4.34. The molecule has 0 atom stereocenters. The van der Waals surface area contributed by atoms with Gasteiger partial charge in [-0.15, -0.1) is 0 Å². The van der Waals surface area contributed by atoms with Gasteiger partial charge in [0.1, 0.15) is 0 Å². The van der Waals surface area contributed by atoms with Crippen molar-refractivity contribution in [3.05, 3.63) is 59.4 Å². The maximum Gasteiger partial charge on any atom is 0.417 e. The van der Waals surface area contributed by atoms with Crippen molar-refractivity contribution in [2.24, 2.45) is 0 Å². The predicted molar refractivity (Wildman–Crippen MR) is 89.6 cm³/mol. The molecule has 6 heteroatoms. The molecule has 0 bridgehead atoms. The van der Waals surface area contributed by atoms with Crippen molar-refractivity contribution < 1.29 is 13.2 Å². The summed E-state index contributed by atoms with van der Waals surface area (Å²) in [4.78, 5) is 3.60. The number of anilines is 1. The van der Waals surface area contributed by atoms with Crippen molar-refractivity contribution in [1.82, 2.24) is 4.98 Å². The second kappa shape index (κ2) is 7.47. The number of pyridine rings is 1. The number of nitrogens with one attached hydrogen (secondary N) is 2. The molecule has 0 aliphatic heterocycles. The first kappa shape index (κ1) is 18.0. The molecule has 0 amide bonds. The van der Waals surface area contributed by atoms with Crippen molar-refractivity contribution in [3.8, 4) is 0 Å². The maximum absolute atomic E-state index is 12.8. The van der Waals surface area contributed by atoms with Gasteiger partial charge in [-0.1, -0.05) is 26.0 Å². The SMILES string of the molecule is CCC(CC)Nc1ccc(C(=N)c2cncc(C(F)(F)F)c2)cc1. The lowest BCUT2D eigenvalue weighted by molar-refractivity contribution is -0.137. The largest absolute Gasteiger partial charge is 0.417 e. The molecule has 128 valence electrons. The van der Waals surface area contributed by atoms with Crippen molar-refractivity contribution in [1.29, 1.82) is 5.41 Å². The zero-order chi connectivity index (χ0) is 17.7. The Morgan fingerprint density at radius 2 is 1.71 bits per heavy atom. The molecule has 0 fully saturated rings. The Morgan fingerprint density at radius 3 is 2.25 bits per heavy atom. The lowest BCUT2D eigenvalue weighted by atomic mass is 10.0. The van der Waals surface area contributed by atoms with Gasteiger partial charge in [-0.2, -0.15) is 13.2 Å². The third-order valence-corrected chi connectivity index (χ3v) is 3.88. The van der Waals surface area contributed by atoms with Crippen LogP contribution in [0.4, 0.5) is 18.9 Å². The van der Waals surface area contributed by atoms with Crippen LogP contribution in [0.5, 0.6) is 0 Å². The Bertz CT molecular complexity index is 689. The molecule has 0 aliphatic rings. The van der Waals surface area contributed by atoms with Gasteiger partial charge in [-0.3, -0.25) is 10.4 Å². The molecule has 0 aliphatic carbocycles. The van der Waals surface area contributed by atoms with Gasteiger partial charge < -0.3 is 5.32 Å². The number of rotatable bonds is 6. The highest BCUT2D eigenvalue weighted by molar-refractivity contribution is 6.10. The molecule has 0 saturated carbocycles. The molecule has 1 aromatic heterocycles. The molecule has 2 rings (SSSR count). The Kier molecular flexibility index (Phi) is 5.59. The van der Waals surface area contributed by atoms with Gasteiger partial charge >= 0.3 is 6.18 Å². The Balaban J connectivity index is 2.19. The monoisotopic (exact) mass is 335 g/mol. The highest BCUT2D eigenvalue weighted by Gasteiger charge is 2.31. The normalized spacial score (nSPS) is 11.6. The van der Waals surface area contributed by atoms with E-state index in [0.29, 0.717) is 11.6 Å². The summed E-state index contributed by atoms with van der Waals surface area (Å²) in [7, 11) is 0. The maximum atomic E-state index is 12.8. The van der Waals surface area contributed by atoms with Crippen LogP contribution >= 0.6 is 0 Å². The highest BCUT2D eigenvalue weighted by Crippen LogP contribution is 2.29. The lowest BCUT2D eigenvalue weighted by Gasteiger charge is -2.16. The number of hydrogen-bond donors (Lipinski definition) is 2. The van der Waals surface area contributed by atoms with Gasteiger partial charge in [-0.25, -0.2) is 0 Å². The minimum Gasteiger partial charge on any atom is -0.382 e. The van der Waals surface area contributed by atoms with Crippen LogP contribution in [0.15, 0.2) is 42.7 Å². The summed E-state index contributed by atoms with van der Waals surface area (Å²) in [6.45, 7) is 4.21. The van der Waals surface area contributed by atoms with Crippen molar-refractivity contribution in [2.45, 2.75) is 38.9 Å². The molecule has 0 radical (unpaired) electrons. The van der Waals surface area contributed by atoms with E-state index >= 15 is 0 Å². The van der Waals surface area contributed by atoms with E-state index in [1.54, 1.807) is 12.1 Å². The first-order chi connectivity index (χ1) is 11.3. The number of hydrogen-bond acceptors (Lipinski definition) is 3. The van der Waals surface area contributed by atoms with Gasteiger partial charge in [0.05, 0.1) is 11.3 Å². The first-order valence-electron chi connectivity index (χ1n) is 7.83. The van der Waals surface area contributed by atoms with Gasteiger partial charge in [0.15, 0.2) is 0 Å². The predicted octanol–water partition coefficient (Wildman–Crippen LogP) is 5.12. The summed E-state index contributed by atoms with van der Waals surface area (Å²) in [5.41, 5.74) is 0.790. The fourth-order valence-corrected chi connectivity index (χ4v) is 2.36. The van der Waals surface area contributed by atoms with Crippen molar-refractivity contribution >= 4 is 11.4 Å². The van der Waals surface area contributed by atoms with E-state index in [1.807, 2.05) is 12.1 Å². The Labute approximate surface area is 139 Å². The quantitative estimate of drug-likeness (QED) is 0.720. The van der Waals surface area contributed by atoms with E-state index < -0.39 is 11.7 Å². The van der Waals surface area contributed by atoms with Gasteiger partial charge in [0.2, 0.25) is 0 Å². The van der Waals surface area contributed by atoms with E-state index in [0.717, 1.165) is 30.8 Å². The van der Waals surface area contributed by atoms with Crippen LogP contribution < -0.4 is 5.32 Å². The summed E-state index contributed by atoms with van der Waals surface area (Å²) in [5.74, 6) is 0. The van der Waals surface area contributed by atoms with Gasteiger partial charge in [-0.05, 0) is 31.0 Å². The van der Waals surface area contributed by atoms with Crippen molar-refractivity contribution in [3.63, 3.8) is 0 Å². The van der Waals surface area contributed by atoms with E-state index in [9.17, 15) is 13.2 Å². The van der Waals surface area contributed by atoms with E-state index in [4.69, 9.17) is 5.41 Å². The molecule has 0 saturated heterocycles. The minimum absolute atomic E-state index is 0.0164. The molecule has 1 aromatic carbocycles. The number of halogens is 3. The molecule has 2 N–H and O–H groups in total. The molecule has 0 unspecified atom stereocenters. The summed E-state index contributed by atoms with van der Waals surface area (Å²) in [5, 5.41) is 11.5. The number of benzene rings is 1. The van der Waals surface area contributed by atoms with E-state index in [2.05, 4.69) is 24.1 Å². The smallest absolute Gasteiger partial charge is 0.382 e. The second-order valence-corrected chi connectivity index (χ2v) is 5.57. The van der Waals surface area contributed by atoms with E-state index in [1.165, 1.54) is 6.20 Å². The van der Waals surface area contributed by atoms with Crippen LogP contribution in [0.3, 0.4) is 0 Å². The summed E-state index contributed by atoms with van der Waals surface area (Å²) in [6.07, 6.45) is -0.423. The van der Waals surface area contributed by atoms with Crippen LogP contribution in [0.25, 0.3) is 0 Å². The Morgan fingerprint density at radius 1 is 1.08 bits per heavy atom. The standard InChI is InChI=1S/C18H20F3N3/c1-3-15(4-2)24-16-7-5-12(6-8-16)17(22)13-9-14(11-23-10-13)18(19,20)21/h5-11,15,22,24H,3-4H2,1-2H3. The first-order valence-corrected chi connectivity index (χ1v) is 7.83. The molecular formula is C18H20F3N3. The fourth-order valence-electron chi connectivity index (χ4n) is 2.36. The summed E-state index contributed by atoms with van der Waals surface area (Å²) < 4.78 is 38.3. The zero-order valence-corrected chi connectivity index (χ0v) is 13.6. The minimum atomic E-state index is -4.47. The second-order valence-electron chi connectivity index (χ2n) is 5.57. The van der Waals surface area contributed by atoms with Crippen LogP contribution in [0.2, 0.25) is 0 Å². The van der Waals surface area contributed by atoms with Crippen LogP contribution in [-0.4, -0.2) is 16.7 Å². The third-order valence-electron chi connectivity index (χ3n) is 3.88. The summed E-state index contributed by atoms with van der Waals surface area (Å²) in [6, 6.07) is 8.46. The average Bonchev–Trinajstić information content (AvgIpc) is 2.59. The van der Waals surface area contributed by atoms with Crippen molar-refractivity contribution in [2.75, 3.05) is 5.32 Å². The fraction of sp³-hybridized carbons (Fsp3) is 0.333. The number of aromatic nitrogens is 1. The lowest BCUT2D eigenvalue weighted by Crippen LogP contribution is -2.16. The topological polar surface area (TPSA) is 48.8 Å². The van der Waals surface area contributed by atoms with Gasteiger partial charge in [0.25, 0.3) is 0 Å². The number of alkyl halides is 3. The summed E-state index contributed by atoms with van der Waals surface area (Å²) >= 11 is 0. The Hall–Kier alpha value is -2.37. The zero-order valence-electron chi connectivity index (χ0n) is 13.6. The van der Waals surface area contributed by atoms with Crippen LogP contribution in [0.1, 0.15) is 43.4 Å². The molecule has 2 aromatic rings. The average molecular weight is 335 g/mol. The molecular weight excluding hydrogens is 315 g/mol. The molecule has 3 nitrogen and oxygen atoms in total. The number of nitrogens with zero attached hydrogens (tertiary/aromatic N) is 1. The highest BCUT2D eigenvalue weighted by atomic mass is 19.4. The van der Waals surface area contributed by atoms with Crippen LogP contribution in [0, 0.1) is 5.41 Å². The molecule has 0 spiro atoms. The van der Waals surface area contributed by atoms with E-state index in [-0.39, 0.29) is 11.3 Å². The molecule has 1 heterocycles.